The zero-order valence-electron chi connectivity index (χ0n) is 47.7. The van der Waals surface area contributed by atoms with E-state index in [2.05, 4.69) is 289 Å². The van der Waals surface area contributed by atoms with Crippen molar-refractivity contribution in [3.63, 3.8) is 0 Å². The fraction of sp³-hybridized carbons (Fsp3) is 0.113. The van der Waals surface area contributed by atoms with Gasteiger partial charge in [0.1, 0.15) is 0 Å². The van der Waals surface area contributed by atoms with E-state index in [1.54, 1.807) is 0 Å². The summed E-state index contributed by atoms with van der Waals surface area (Å²) >= 11 is 0. The Bertz CT molecular complexity index is 4680. The molecule has 11 aromatic carbocycles. The van der Waals surface area contributed by atoms with Crippen molar-refractivity contribution in [3.8, 4) is 55.8 Å². The van der Waals surface area contributed by atoms with E-state index in [-0.39, 0.29) is 17.7 Å². The van der Waals surface area contributed by atoms with Gasteiger partial charge in [-0.05, 0) is 158 Å². The molecule has 1 saturated carbocycles. The third-order valence-corrected chi connectivity index (χ3v) is 20.9. The number of rotatable bonds is 7. The molecule has 0 saturated heterocycles. The maximum absolute atomic E-state index is 5.11. The fourth-order valence-electron chi connectivity index (χ4n) is 17.0. The number of pyridine rings is 1. The van der Waals surface area contributed by atoms with E-state index in [9.17, 15) is 0 Å². The van der Waals surface area contributed by atoms with Crippen LogP contribution in [0.15, 0.2) is 273 Å². The molecule has 5 heteroatoms. The molecule has 0 amide bonds. The first kappa shape index (κ1) is 48.6. The Kier molecular flexibility index (Phi) is 10.3. The van der Waals surface area contributed by atoms with Crippen LogP contribution in [0.3, 0.4) is 0 Å². The van der Waals surface area contributed by atoms with Crippen LogP contribution in [0, 0.1) is 0 Å². The highest BCUT2D eigenvalue weighted by Gasteiger charge is 2.60. The first-order valence-corrected chi connectivity index (χ1v) is 30.4. The molecule has 1 aromatic heterocycles. The van der Waals surface area contributed by atoms with Crippen molar-refractivity contribution < 1.29 is 0 Å². The molecule has 0 radical (unpaired) electrons. The van der Waals surface area contributed by atoms with Gasteiger partial charge >= 0.3 is 0 Å². The van der Waals surface area contributed by atoms with E-state index >= 15 is 0 Å². The molecule has 4 nitrogen and oxygen atoms in total. The average molecular weight is 1090 g/mol. The summed E-state index contributed by atoms with van der Waals surface area (Å²) in [7, 11) is 0. The van der Waals surface area contributed by atoms with Gasteiger partial charge in [0.05, 0.1) is 28.0 Å². The van der Waals surface area contributed by atoms with Gasteiger partial charge in [0.15, 0.2) is 0 Å². The molecule has 18 rings (SSSR count). The molecule has 0 spiro atoms. The van der Waals surface area contributed by atoms with Crippen molar-refractivity contribution in [3.05, 3.63) is 301 Å². The number of para-hydroxylation sites is 2. The Balaban J connectivity index is 1.01. The Hall–Kier alpha value is -9.97. The molecular formula is C80H59BN4. The maximum Gasteiger partial charge on any atom is 0.253 e. The van der Waals surface area contributed by atoms with Crippen molar-refractivity contribution in [2.75, 3.05) is 14.7 Å². The minimum Gasteiger partial charge on any atom is -0.334 e. The largest absolute Gasteiger partial charge is 0.334 e. The van der Waals surface area contributed by atoms with Crippen LogP contribution >= 0.6 is 0 Å². The zero-order chi connectivity index (χ0) is 56.2. The summed E-state index contributed by atoms with van der Waals surface area (Å²) in [5.74, 6) is 0. The van der Waals surface area contributed by atoms with Crippen molar-refractivity contribution in [1.82, 2.24) is 4.98 Å². The Morgan fingerprint density at radius 1 is 0.365 bits per heavy atom. The molecule has 5 aliphatic heterocycles. The van der Waals surface area contributed by atoms with Crippen molar-refractivity contribution in [2.24, 2.45) is 0 Å². The van der Waals surface area contributed by atoms with Gasteiger partial charge in [-0.25, -0.2) is 0 Å². The van der Waals surface area contributed by atoms with Crippen LogP contribution in [-0.2, 0) is 10.8 Å². The molecule has 6 heterocycles. The summed E-state index contributed by atoms with van der Waals surface area (Å²) in [5.41, 5.74) is 31.1. The van der Waals surface area contributed by atoms with Crippen LogP contribution in [0.25, 0.3) is 55.8 Å². The van der Waals surface area contributed by atoms with Gasteiger partial charge in [0.2, 0.25) is 0 Å². The molecular weight excluding hydrogens is 1030 g/mol. The lowest BCUT2D eigenvalue weighted by atomic mass is 9.27. The number of hydrogen-bond acceptors (Lipinski definition) is 4. The molecule has 1 fully saturated rings. The smallest absolute Gasteiger partial charge is 0.253 e. The Morgan fingerprint density at radius 2 is 0.941 bits per heavy atom. The van der Waals surface area contributed by atoms with E-state index in [1.165, 1.54) is 141 Å². The monoisotopic (exact) mass is 1090 g/mol. The lowest BCUT2D eigenvalue weighted by Crippen LogP contribution is -2.68. The van der Waals surface area contributed by atoms with Gasteiger partial charge < -0.3 is 14.7 Å². The quantitative estimate of drug-likeness (QED) is 0.148. The molecule has 0 N–H and O–H groups in total. The van der Waals surface area contributed by atoms with Crippen LogP contribution in [-0.4, -0.2) is 17.2 Å². The molecule has 85 heavy (non-hydrogen) atoms. The molecule has 2 atom stereocenters. The van der Waals surface area contributed by atoms with Crippen molar-refractivity contribution in [2.45, 2.75) is 55.9 Å². The van der Waals surface area contributed by atoms with Gasteiger partial charge in [-0.15, -0.1) is 0 Å². The normalized spacial score (nSPS) is 18.4. The van der Waals surface area contributed by atoms with Crippen molar-refractivity contribution >= 4 is 68.6 Å². The highest BCUT2D eigenvalue weighted by atomic mass is 15.3. The topological polar surface area (TPSA) is 22.6 Å². The highest BCUT2D eigenvalue weighted by Crippen LogP contribution is 2.64. The minimum absolute atomic E-state index is 0.116. The summed E-state index contributed by atoms with van der Waals surface area (Å²) in [6, 6.07) is 101. The number of aromatic nitrogens is 1. The van der Waals surface area contributed by atoms with E-state index in [1.807, 2.05) is 12.3 Å². The summed E-state index contributed by atoms with van der Waals surface area (Å²) in [6.45, 7) is 5.04. The van der Waals surface area contributed by atoms with E-state index in [4.69, 9.17) is 4.98 Å². The molecule has 6 aliphatic rings. The van der Waals surface area contributed by atoms with Crippen LogP contribution in [0.4, 0.5) is 45.5 Å². The molecule has 0 bridgehead atoms. The third-order valence-electron chi connectivity index (χ3n) is 20.9. The first-order valence-electron chi connectivity index (χ1n) is 30.4. The Labute approximate surface area is 498 Å². The average Bonchev–Trinajstić information content (AvgIpc) is 1.43. The number of hydrogen-bond donors (Lipinski definition) is 0. The van der Waals surface area contributed by atoms with E-state index in [0.717, 1.165) is 29.8 Å². The second kappa shape index (κ2) is 18.0. The Morgan fingerprint density at radius 3 is 1.65 bits per heavy atom. The van der Waals surface area contributed by atoms with Gasteiger partial charge in [-0.1, -0.05) is 226 Å². The van der Waals surface area contributed by atoms with Gasteiger partial charge in [0.25, 0.3) is 6.71 Å². The fourth-order valence-corrected chi connectivity index (χ4v) is 17.0. The zero-order valence-corrected chi connectivity index (χ0v) is 47.7. The minimum atomic E-state index is -0.703. The lowest BCUT2D eigenvalue weighted by Gasteiger charge is -2.53. The summed E-state index contributed by atoms with van der Waals surface area (Å²) < 4.78 is 0. The van der Waals surface area contributed by atoms with Crippen LogP contribution < -0.4 is 31.1 Å². The SMILES string of the molecule is CC12CCCCC1(C)N(c1cc3c4c(c1)N1c5ccccc5-c5cc(-c6ccccc6)ccc5-c5ccc6c(c51)B4c1c(cccc1C6(c1ccccc1)c1ccccc1)N3c1ccccc1-c1ccccn1)c1ccc(-c3ccccc3)cc12. The third kappa shape index (κ3) is 6.50. The molecule has 12 aromatic rings. The summed E-state index contributed by atoms with van der Waals surface area (Å²) in [6.07, 6.45) is 6.51. The maximum atomic E-state index is 5.11. The van der Waals surface area contributed by atoms with Crippen LogP contribution in [0.5, 0.6) is 0 Å². The van der Waals surface area contributed by atoms with Crippen molar-refractivity contribution in [1.29, 1.82) is 0 Å². The standard InChI is InChI=1S/C80H59BN4/c1-78-45-20-21-46-79(78,2)85(70-44-40-55(49-66(70)78)53-26-9-4-10-27-53)58-50-72-76-73(51-58)84-68-36-17-15-32-60(68)63-48-54(52-24-7-3-8-25-52)39-41-59(63)61-42-43-65-75(77(61)84)81(76)74-64(80(65,56-28-11-5-12-29-56)57-30-13-6-14-31-57)34-23-38-71(74)83(72)69-37-18-16-33-62(69)67-35-19-22-47-82-67/h3-19,22-44,47-51H,20-21,45-46H2,1-2H3. The van der Waals surface area contributed by atoms with E-state index in [0.29, 0.717) is 0 Å². The summed E-state index contributed by atoms with van der Waals surface area (Å²) in [5, 5.41) is 0. The van der Waals surface area contributed by atoms with Crippen LogP contribution in [0.2, 0.25) is 0 Å². The van der Waals surface area contributed by atoms with E-state index < -0.39 is 5.41 Å². The van der Waals surface area contributed by atoms with Gasteiger partial charge in [-0.2, -0.15) is 0 Å². The predicted molar refractivity (Wildman–Crippen MR) is 354 cm³/mol. The highest BCUT2D eigenvalue weighted by molar-refractivity contribution is 7.01. The summed E-state index contributed by atoms with van der Waals surface area (Å²) in [4.78, 5) is 13.3. The second-order valence-electron chi connectivity index (χ2n) is 24.8. The first-order chi connectivity index (χ1) is 41.9. The van der Waals surface area contributed by atoms with Gasteiger partial charge in [-0.3, -0.25) is 4.98 Å². The van der Waals surface area contributed by atoms with Gasteiger partial charge in [0, 0.05) is 62.4 Å². The number of benzene rings is 11. The number of fused-ring (bicyclic) bond motifs is 9. The molecule has 402 valence electrons. The lowest BCUT2D eigenvalue weighted by molar-refractivity contribution is 0.195. The predicted octanol–water partition coefficient (Wildman–Crippen LogP) is 18.3. The van der Waals surface area contributed by atoms with Crippen LogP contribution in [0.1, 0.15) is 67.3 Å². The molecule has 2 unspecified atom stereocenters. The molecule has 1 aliphatic carbocycles. The number of nitrogens with zero attached hydrogens (tertiary/aromatic N) is 4. The second-order valence-corrected chi connectivity index (χ2v) is 24.8. The number of anilines is 8.